The number of aryl methyl sites for hydroxylation is 1. The predicted octanol–water partition coefficient (Wildman–Crippen LogP) is 2.72. The quantitative estimate of drug-likeness (QED) is 0.820. The highest BCUT2D eigenvalue weighted by Gasteiger charge is 2.13. The van der Waals surface area contributed by atoms with Gasteiger partial charge >= 0.3 is 5.97 Å². The number of ether oxygens (including phenoxy) is 1. The molecule has 1 aromatic carbocycles. The summed E-state index contributed by atoms with van der Waals surface area (Å²) >= 11 is 0. The van der Waals surface area contributed by atoms with E-state index in [4.69, 9.17) is 14.3 Å². The number of aromatic carboxylic acids is 1. The van der Waals surface area contributed by atoms with E-state index in [1.807, 2.05) is 18.2 Å². The lowest BCUT2D eigenvalue weighted by Crippen LogP contribution is -2.12. The number of hydrogen-bond donors (Lipinski definition) is 2. The highest BCUT2D eigenvalue weighted by molar-refractivity contribution is 5.86. The Morgan fingerprint density at radius 3 is 2.71 bits per heavy atom. The van der Waals surface area contributed by atoms with Crippen LogP contribution in [-0.4, -0.2) is 18.2 Å². The van der Waals surface area contributed by atoms with Gasteiger partial charge in [-0.2, -0.15) is 0 Å². The third-order valence-electron chi connectivity index (χ3n) is 3.09. The first-order valence-corrected chi connectivity index (χ1v) is 6.70. The second kappa shape index (κ2) is 7.06. The van der Waals surface area contributed by atoms with E-state index in [2.05, 4.69) is 11.4 Å². The molecule has 0 spiro atoms. The third-order valence-corrected chi connectivity index (χ3v) is 3.09. The van der Waals surface area contributed by atoms with E-state index < -0.39 is 5.97 Å². The molecule has 1 heterocycles. The van der Waals surface area contributed by atoms with Gasteiger partial charge in [-0.05, 0) is 24.1 Å². The van der Waals surface area contributed by atoms with Crippen LogP contribution >= 0.6 is 0 Å². The number of furan rings is 1. The fraction of sp³-hybridized carbons (Fsp3) is 0.312. The van der Waals surface area contributed by atoms with E-state index in [0.29, 0.717) is 31.0 Å². The molecule has 0 saturated carbocycles. The van der Waals surface area contributed by atoms with E-state index in [-0.39, 0.29) is 5.76 Å². The van der Waals surface area contributed by atoms with Gasteiger partial charge in [0, 0.05) is 19.2 Å². The SMILES string of the molecule is COCc1cccc(CNCc2cc(C)c(C(=O)O)o2)c1. The molecule has 5 nitrogen and oxygen atoms in total. The first-order valence-electron chi connectivity index (χ1n) is 6.70. The van der Waals surface area contributed by atoms with Crippen LogP contribution < -0.4 is 5.32 Å². The summed E-state index contributed by atoms with van der Waals surface area (Å²) in [4.78, 5) is 10.9. The van der Waals surface area contributed by atoms with E-state index in [9.17, 15) is 4.79 Å². The van der Waals surface area contributed by atoms with Crippen LogP contribution in [0.2, 0.25) is 0 Å². The predicted molar refractivity (Wildman–Crippen MR) is 78.1 cm³/mol. The van der Waals surface area contributed by atoms with Crippen LogP contribution in [-0.2, 0) is 24.4 Å². The molecule has 2 N–H and O–H groups in total. The van der Waals surface area contributed by atoms with Crippen molar-refractivity contribution >= 4 is 5.97 Å². The lowest BCUT2D eigenvalue weighted by atomic mass is 10.1. The standard InChI is InChI=1S/C16H19NO4/c1-11-6-14(21-15(11)16(18)19)9-17-8-12-4-3-5-13(7-12)10-20-2/h3-7,17H,8-10H2,1-2H3,(H,18,19). The highest BCUT2D eigenvalue weighted by Crippen LogP contribution is 2.14. The molecule has 0 radical (unpaired) electrons. The first kappa shape index (κ1) is 15.3. The van der Waals surface area contributed by atoms with Crippen LogP contribution in [0.15, 0.2) is 34.7 Å². The van der Waals surface area contributed by atoms with E-state index >= 15 is 0 Å². The number of carboxylic acid groups (broad SMARTS) is 1. The van der Waals surface area contributed by atoms with Gasteiger partial charge in [0.25, 0.3) is 0 Å². The molecule has 2 rings (SSSR count). The number of carbonyl (C=O) groups is 1. The van der Waals surface area contributed by atoms with Crippen molar-refractivity contribution < 1.29 is 19.1 Å². The Hall–Kier alpha value is -2.11. The zero-order valence-electron chi connectivity index (χ0n) is 12.2. The number of rotatable bonds is 7. The molecule has 0 saturated heterocycles. The second-order valence-electron chi connectivity index (χ2n) is 4.89. The molecule has 0 aliphatic rings. The van der Waals surface area contributed by atoms with Crippen LogP contribution in [0.3, 0.4) is 0 Å². The zero-order chi connectivity index (χ0) is 15.2. The Morgan fingerprint density at radius 2 is 2.05 bits per heavy atom. The number of methoxy groups -OCH3 is 1. The summed E-state index contributed by atoms with van der Waals surface area (Å²) in [5.74, 6) is -0.405. The van der Waals surface area contributed by atoms with Crippen molar-refractivity contribution in [3.05, 3.63) is 58.5 Å². The summed E-state index contributed by atoms with van der Waals surface area (Å²) in [6.07, 6.45) is 0. The lowest BCUT2D eigenvalue weighted by molar-refractivity contribution is 0.0659. The van der Waals surface area contributed by atoms with Crippen molar-refractivity contribution in [2.24, 2.45) is 0 Å². The van der Waals surface area contributed by atoms with Gasteiger partial charge in [0.15, 0.2) is 0 Å². The summed E-state index contributed by atoms with van der Waals surface area (Å²) in [6, 6.07) is 9.86. The Morgan fingerprint density at radius 1 is 1.29 bits per heavy atom. The highest BCUT2D eigenvalue weighted by atomic mass is 16.5. The minimum absolute atomic E-state index is 0.00823. The fourth-order valence-corrected chi connectivity index (χ4v) is 2.17. The molecule has 0 amide bonds. The Balaban J connectivity index is 1.91. The third kappa shape index (κ3) is 4.18. The molecule has 0 fully saturated rings. The van der Waals surface area contributed by atoms with Crippen molar-refractivity contribution in [2.75, 3.05) is 7.11 Å². The topological polar surface area (TPSA) is 71.7 Å². The number of carboxylic acids is 1. The van der Waals surface area contributed by atoms with Crippen molar-refractivity contribution in [3.63, 3.8) is 0 Å². The average molecular weight is 289 g/mol. The molecular formula is C16H19NO4. The maximum Gasteiger partial charge on any atom is 0.372 e. The molecule has 2 aromatic rings. The molecular weight excluding hydrogens is 270 g/mol. The number of hydrogen-bond acceptors (Lipinski definition) is 4. The Bertz CT molecular complexity index is 618. The average Bonchev–Trinajstić information content (AvgIpc) is 2.81. The van der Waals surface area contributed by atoms with E-state index in [1.165, 1.54) is 0 Å². The molecule has 112 valence electrons. The van der Waals surface area contributed by atoms with Crippen molar-refractivity contribution in [1.29, 1.82) is 0 Å². The summed E-state index contributed by atoms with van der Waals surface area (Å²) in [5, 5.41) is 12.2. The van der Waals surface area contributed by atoms with Gasteiger partial charge < -0.3 is 19.6 Å². The van der Waals surface area contributed by atoms with E-state index in [0.717, 1.165) is 11.1 Å². The smallest absolute Gasteiger partial charge is 0.372 e. The molecule has 1 aromatic heterocycles. The zero-order valence-corrected chi connectivity index (χ0v) is 12.2. The largest absolute Gasteiger partial charge is 0.475 e. The van der Waals surface area contributed by atoms with Gasteiger partial charge in [0.05, 0.1) is 13.2 Å². The Labute approximate surface area is 123 Å². The van der Waals surface area contributed by atoms with Crippen molar-refractivity contribution in [3.8, 4) is 0 Å². The van der Waals surface area contributed by atoms with Gasteiger partial charge in [0.2, 0.25) is 5.76 Å². The maximum atomic E-state index is 10.9. The number of benzene rings is 1. The van der Waals surface area contributed by atoms with Crippen LogP contribution in [0.25, 0.3) is 0 Å². The molecule has 5 heteroatoms. The normalized spacial score (nSPS) is 10.8. The fourth-order valence-electron chi connectivity index (χ4n) is 2.17. The van der Waals surface area contributed by atoms with Crippen molar-refractivity contribution in [2.45, 2.75) is 26.6 Å². The van der Waals surface area contributed by atoms with Gasteiger partial charge in [-0.1, -0.05) is 24.3 Å². The maximum absolute atomic E-state index is 10.9. The number of nitrogens with one attached hydrogen (secondary N) is 1. The van der Waals surface area contributed by atoms with Crippen LogP contribution in [0.4, 0.5) is 0 Å². The van der Waals surface area contributed by atoms with Crippen molar-refractivity contribution in [1.82, 2.24) is 5.32 Å². The summed E-state index contributed by atoms with van der Waals surface area (Å²) < 4.78 is 10.4. The molecule has 0 bridgehead atoms. The van der Waals surface area contributed by atoms with Crippen LogP contribution in [0, 0.1) is 6.92 Å². The summed E-state index contributed by atoms with van der Waals surface area (Å²) in [5.41, 5.74) is 2.91. The molecule has 21 heavy (non-hydrogen) atoms. The van der Waals surface area contributed by atoms with Crippen LogP contribution in [0.1, 0.15) is 33.0 Å². The molecule has 0 aliphatic heterocycles. The monoisotopic (exact) mass is 289 g/mol. The lowest BCUT2D eigenvalue weighted by Gasteiger charge is -2.05. The van der Waals surface area contributed by atoms with Gasteiger partial charge in [-0.15, -0.1) is 0 Å². The van der Waals surface area contributed by atoms with Crippen LogP contribution in [0.5, 0.6) is 0 Å². The minimum atomic E-state index is -1.04. The first-order chi connectivity index (χ1) is 10.1. The van der Waals surface area contributed by atoms with Gasteiger partial charge in [0.1, 0.15) is 5.76 Å². The molecule has 0 atom stereocenters. The van der Waals surface area contributed by atoms with Gasteiger partial charge in [-0.25, -0.2) is 4.79 Å². The minimum Gasteiger partial charge on any atom is -0.475 e. The van der Waals surface area contributed by atoms with E-state index in [1.54, 1.807) is 20.1 Å². The molecule has 0 aliphatic carbocycles. The molecule has 0 unspecified atom stereocenters. The van der Waals surface area contributed by atoms with Gasteiger partial charge in [-0.3, -0.25) is 0 Å². The second-order valence-corrected chi connectivity index (χ2v) is 4.89. The Kier molecular flexibility index (Phi) is 5.14. The summed E-state index contributed by atoms with van der Waals surface area (Å²) in [7, 11) is 1.67. The summed E-state index contributed by atoms with van der Waals surface area (Å²) in [6.45, 7) is 3.49.